The van der Waals surface area contributed by atoms with Crippen LogP contribution < -0.4 is 15.9 Å². The molecule has 0 heterocycles. The van der Waals surface area contributed by atoms with Crippen molar-refractivity contribution in [2.75, 3.05) is 5.73 Å². The van der Waals surface area contributed by atoms with Gasteiger partial charge in [0.1, 0.15) is 12.4 Å². The number of nitrogens with one attached hydrogen (secondary N) is 1. The van der Waals surface area contributed by atoms with E-state index in [1.165, 1.54) is 0 Å². The fraction of sp³-hybridized carbons (Fsp3) is 0.0909. The van der Waals surface area contributed by atoms with Crippen molar-refractivity contribution in [1.82, 2.24) is 5.43 Å². The van der Waals surface area contributed by atoms with E-state index >= 15 is 0 Å². The van der Waals surface area contributed by atoms with E-state index in [1.54, 1.807) is 36.4 Å². The summed E-state index contributed by atoms with van der Waals surface area (Å²) in [5.41, 5.74) is 12.0. The standard InChI is InChI=1S/C22H20ClN3O2/c1-15(17-6-10-20(24)11-7-17)25-26-22(27)18-4-2-16(3-5-18)14-28-21-12-8-19(23)9-13-21/h2-13H,14,24H2,1H3,(H,26,27)/b25-15-. The monoisotopic (exact) mass is 393 g/mol. The molecule has 0 saturated heterocycles. The highest BCUT2D eigenvalue weighted by Gasteiger charge is 2.06. The molecule has 0 saturated carbocycles. The first-order chi connectivity index (χ1) is 13.5. The Bertz CT molecular complexity index is 966. The van der Waals surface area contributed by atoms with E-state index in [4.69, 9.17) is 22.1 Å². The van der Waals surface area contributed by atoms with Crippen LogP contribution in [-0.2, 0) is 6.61 Å². The molecule has 0 radical (unpaired) electrons. The van der Waals surface area contributed by atoms with Gasteiger partial charge in [0.2, 0.25) is 0 Å². The number of anilines is 1. The molecule has 6 heteroatoms. The van der Waals surface area contributed by atoms with Gasteiger partial charge < -0.3 is 10.5 Å². The molecule has 3 rings (SSSR count). The molecule has 142 valence electrons. The Morgan fingerprint density at radius 3 is 2.21 bits per heavy atom. The SMILES string of the molecule is C/C(=N/NC(=O)c1ccc(COc2ccc(Cl)cc2)cc1)c1ccc(N)cc1. The minimum atomic E-state index is -0.278. The van der Waals surface area contributed by atoms with Gasteiger partial charge in [-0.3, -0.25) is 4.79 Å². The third kappa shape index (κ3) is 5.34. The molecule has 3 aromatic carbocycles. The van der Waals surface area contributed by atoms with Crippen LogP contribution in [0.1, 0.15) is 28.4 Å². The van der Waals surface area contributed by atoms with Crippen LogP contribution in [0.25, 0.3) is 0 Å². The molecule has 28 heavy (non-hydrogen) atoms. The number of amides is 1. The summed E-state index contributed by atoms with van der Waals surface area (Å²) >= 11 is 5.85. The van der Waals surface area contributed by atoms with Gasteiger partial charge >= 0.3 is 0 Å². The summed E-state index contributed by atoms with van der Waals surface area (Å²) in [6.07, 6.45) is 0. The zero-order chi connectivity index (χ0) is 19.9. The van der Waals surface area contributed by atoms with Gasteiger partial charge in [-0.15, -0.1) is 0 Å². The van der Waals surface area contributed by atoms with Gasteiger partial charge in [-0.2, -0.15) is 5.10 Å². The molecule has 0 aliphatic carbocycles. The number of benzene rings is 3. The summed E-state index contributed by atoms with van der Waals surface area (Å²) in [5, 5.41) is 4.81. The Kier molecular flexibility index (Phi) is 6.29. The number of hydrogen-bond donors (Lipinski definition) is 2. The topological polar surface area (TPSA) is 76.7 Å². The van der Waals surface area contributed by atoms with Gasteiger partial charge in [-0.25, -0.2) is 5.43 Å². The number of carbonyl (C=O) groups excluding carboxylic acids is 1. The molecule has 3 N–H and O–H groups in total. The quantitative estimate of drug-likeness (QED) is 0.363. The van der Waals surface area contributed by atoms with E-state index in [0.29, 0.717) is 28.6 Å². The molecule has 0 spiro atoms. The molecule has 1 amide bonds. The van der Waals surface area contributed by atoms with Crippen LogP contribution in [0, 0.1) is 0 Å². The Labute approximate surface area is 168 Å². The van der Waals surface area contributed by atoms with Crippen molar-refractivity contribution in [1.29, 1.82) is 0 Å². The first-order valence-corrected chi connectivity index (χ1v) is 9.07. The number of hydrogen-bond acceptors (Lipinski definition) is 4. The van der Waals surface area contributed by atoms with Gasteiger partial charge in [0.25, 0.3) is 5.91 Å². The van der Waals surface area contributed by atoms with Crippen molar-refractivity contribution in [3.05, 3.63) is 94.5 Å². The van der Waals surface area contributed by atoms with E-state index in [1.807, 2.05) is 43.3 Å². The third-order valence-corrected chi connectivity index (χ3v) is 4.34. The van der Waals surface area contributed by atoms with E-state index in [-0.39, 0.29) is 5.91 Å². The molecule has 0 bridgehead atoms. The molecule has 0 fully saturated rings. The molecule has 5 nitrogen and oxygen atoms in total. The molecule has 0 atom stereocenters. The fourth-order valence-corrected chi connectivity index (χ4v) is 2.56. The normalized spacial score (nSPS) is 11.1. The van der Waals surface area contributed by atoms with E-state index in [2.05, 4.69) is 10.5 Å². The second-order valence-corrected chi connectivity index (χ2v) is 6.64. The minimum Gasteiger partial charge on any atom is -0.489 e. The van der Waals surface area contributed by atoms with E-state index in [0.717, 1.165) is 16.9 Å². The smallest absolute Gasteiger partial charge is 0.271 e. The molecule has 0 aromatic heterocycles. The zero-order valence-corrected chi connectivity index (χ0v) is 16.1. The van der Waals surface area contributed by atoms with Gasteiger partial charge in [-0.05, 0) is 66.6 Å². The van der Waals surface area contributed by atoms with E-state index in [9.17, 15) is 4.79 Å². The maximum Gasteiger partial charge on any atom is 0.271 e. The first-order valence-electron chi connectivity index (χ1n) is 8.69. The number of nitrogens with zero attached hydrogens (tertiary/aromatic N) is 1. The summed E-state index contributed by atoms with van der Waals surface area (Å²) in [4.78, 5) is 12.3. The van der Waals surface area contributed by atoms with Crippen molar-refractivity contribution in [2.24, 2.45) is 5.10 Å². The Morgan fingerprint density at radius 1 is 0.964 bits per heavy atom. The molecule has 0 unspecified atom stereocenters. The number of nitrogen functional groups attached to an aromatic ring is 1. The Hall–Kier alpha value is -3.31. The lowest BCUT2D eigenvalue weighted by atomic mass is 10.1. The predicted octanol–water partition coefficient (Wildman–Crippen LogP) is 4.66. The van der Waals surface area contributed by atoms with Gasteiger partial charge in [-0.1, -0.05) is 35.9 Å². The summed E-state index contributed by atoms with van der Waals surface area (Å²) in [6, 6.07) is 21.6. The largest absolute Gasteiger partial charge is 0.489 e. The summed E-state index contributed by atoms with van der Waals surface area (Å²) in [7, 11) is 0. The average Bonchev–Trinajstić information content (AvgIpc) is 2.72. The summed E-state index contributed by atoms with van der Waals surface area (Å²) < 4.78 is 5.69. The van der Waals surface area contributed by atoms with Crippen molar-refractivity contribution < 1.29 is 9.53 Å². The van der Waals surface area contributed by atoms with Crippen molar-refractivity contribution in [3.8, 4) is 5.75 Å². The zero-order valence-electron chi connectivity index (χ0n) is 15.4. The van der Waals surface area contributed by atoms with Crippen molar-refractivity contribution >= 4 is 28.9 Å². The Balaban J connectivity index is 1.56. The van der Waals surface area contributed by atoms with Crippen molar-refractivity contribution in [3.63, 3.8) is 0 Å². The number of carbonyl (C=O) groups is 1. The first kappa shape index (κ1) is 19.5. The molecular weight excluding hydrogens is 374 g/mol. The third-order valence-electron chi connectivity index (χ3n) is 4.09. The maximum atomic E-state index is 12.3. The molecule has 0 aliphatic heterocycles. The number of halogens is 1. The van der Waals surface area contributed by atoms with Crippen LogP contribution >= 0.6 is 11.6 Å². The lowest BCUT2D eigenvalue weighted by molar-refractivity contribution is 0.0955. The second-order valence-electron chi connectivity index (χ2n) is 6.20. The van der Waals surface area contributed by atoms with Crippen LogP contribution in [0.4, 0.5) is 5.69 Å². The van der Waals surface area contributed by atoms with Crippen LogP contribution in [0.2, 0.25) is 5.02 Å². The highest BCUT2D eigenvalue weighted by Crippen LogP contribution is 2.17. The minimum absolute atomic E-state index is 0.278. The summed E-state index contributed by atoms with van der Waals surface area (Å²) in [5.74, 6) is 0.457. The average molecular weight is 394 g/mol. The second kappa shape index (κ2) is 9.06. The van der Waals surface area contributed by atoms with Crippen LogP contribution in [0.15, 0.2) is 77.9 Å². The molecule has 3 aromatic rings. The highest BCUT2D eigenvalue weighted by molar-refractivity contribution is 6.30. The lowest BCUT2D eigenvalue weighted by Gasteiger charge is -2.07. The van der Waals surface area contributed by atoms with Crippen molar-refractivity contribution in [2.45, 2.75) is 13.5 Å². The lowest BCUT2D eigenvalue weighted by Crippen LogP contribution is -2.19. The molecular formula is C22H20ClN3O2. The van der Waals surface area contributed by atoms with Crippen LogP contribution in [-0.4, -0.2) is 11.6 Å². The predicted molar refractivity (Wildman–Crippen MR) is 113 cm³/mol. The van der Waals surface area contributed by atoms with E-state index < -0.39 is 0 Å². The summed E-state index contributed by atoms with van der Waals surface area (Å²) in [6.45, 7) is 2.22. The highest BCUT2D eigenvalue weighted by atomic mass is 35.5. The number of hydrazone groups is 1. The number of rotatable bonds is 6. The maximum absolute atomic E-state index is 12.3. The molecule has 0 aliphatic rings. The number of ether oxygens (including phenoxy) is 1. The van der Waals surface area contributed by atoms with Crippen LogP contribution in [0.3, 0.4) is 0 Å². The van der Waals surface area contributed by atoms with Gasteiger partial charge in [0, 0.05) is 16.3 Å². The fourth-order valence-electron chi connectivity index (χ4n) is 2.44. The van der Waals surface area contributed by atoms with Gasteiger partial charge in [0.15, 0.2) is 0 Å². The number of nitrogens with two attached hydrogens (primary N) is 1. The van der Waals surface area contributed by atoms with Gasteiger partial charge in [0.05, 0.1) is 5.71 Å². The van der Waals surface area contributed by atoms with Crippen LogP contribution in [0.5, 0.6) is 5.75 Å². The Morgan fingerprint density at radius 2 is 1.57 bits per heavy atom.